The van der Waals surface area contributed by atoms with Crippen molar-refractivity contribution in [1.82, 2.24) is 5.32 Å². The molecule has 1 aliphatic rings. The van der Waals surface area contributed by atoms with Gasteiger partial charge in [0.05, 0.1) is 12.7 Å². The molecule has 1 unspecified atom stereocenters. The molecule has 0 radical (unpaired) electrons. The molecule has 0 aromatic heterocycles. The average molecular weight is 356 g/mol. The van der Waals surface area contributed by atoms with Crippen LogP contribution in [0.4, 0.5) is 0 Å². The van der Waals surface area contributed by atoms with Crippen molar-refractivity contribution in [2.45, 2.75) is 45.3 Å². The Bertz CT molecular complexity index is 446. The van der Waals surface area contributed by atoms with Gasteiger partial charge in [-0.3, -0.25) is 0 Å². The number of halogens is 1. The molecule has 1 saturated carbocycles. The summed E-state index contributed by atoms with van der Waals surface area (Å²) in [4.78, 5) is 0. The van der Waals surface area contributed by atoms with E-state index in [1.165, 1.54) is 18.4 Å². The number of hydrogen-bond donors (Lipinski definition) is 1. The Morgan fingerprint density at radius 1 is 1.29 bits per heavy atom. The number of benzene rings is 1. The standard InChI is InChI=1S/C17H26BrNO2/c1-4-20-13-6-7-15(16(18)11-13)17(19-3)10-12-8-14(9-12)21-5-2/h6-7,11-12,14,17,19H,4-5,8-10H2,1-3H3. The molecule has 0 spiro atoms. The first-order valence-corrected chi connectivity index (χ1v) is 8.68. The van der Waals surface area contributed by atoms with Crippen LogP contribution >= 0.6 is 15.9 Å². The Balaban J connectivity index is 1.95. The zero-order valence-electron chi connectivity index (χ0n) is 13.2. The molecule has 0 bridgehead atoms. The van der Waals surface area contributed by atoms with Gasteiger partial charge in [-0.1, -0.05) is 22.0 Å². The molecule has 1 N–H and O–H groups in total. The van der Waals surface area contributed by atoms with E-state index in [0.29, 0.717) is 18.8 Å². The molecule has 0 aliphatic heterocycles. The lowest BCUT2D eigenvalue weighted by atomic mass is 9.77. The van der Waals surface area contributed by atoms with E-state index in [4.69, 9.17) is 9.47 Å². The molecule has 1 atom stereocenters. The predicted octanol–water partition coefficient (Wildman–Crippen LogP) is 4.31. The van der Waals surface area contributed by atoms with E-state index in [9.17, 15) is 0 Å². The highest BCUT2D eigenvalue weighted by Crippen LogP contribution is 2.38. The highest BCUT2D eigenvalue weighted by molar-refractivity contribution is 9.10. The SMILES string of the molecule is CCOc1ccc(C(CC2CC(OCC)C2)NC)c(Br)c1. The summed E-state index contributed by atoms with van der Waals surface area (Å²) in [6.07, 6.45) is 4.04. The average Bonchev–Trinajstić information content (AvgIpc) is 2.43. The van der Waals surface area contributed by atoms with Crippen molar-refractivity contribution in [1.29, 1.82) is 0 Å². The van der Waals surface area contributed by atoms with Gasteiger partial charge in [-0.2, -0.15) is 0 Å². The van der Waals surface area contributed by atoms with Crippen LogP contribution in [0.25, 0.3) is 0 Å². The van der Waals surface area contributed by atoms with Crippen molar-refractivity contribution in [2.75, 3.05) is 20.3 Å². The largest absolute Gasteiger partial charge is 0.494 e. The van der Waals surface area contributed by atoms with Crippen molar-refractivity contribution in [3.8, 4) is 5.75 Å². The first kappa shape index (κ1) is 16.8. The lowest BCUT2D eigenvalue weighted by molar-refractivity contribution is -0.0289. The molecule has 1 aromatic rings. The summed E-state index contributed by atoms with van der Waals surface area (Å²) in [5, 5.41) is 3.44. The number of nitrogens with one attached hydrogen (secondary N) is 1. The van der Waals surface area contributed by atoms with Crippen LogP contribution in [0.5, 0.6) is 5.75 Å². The fourth-order valence-corrected chi connectivity index (χ4v) is 3.65. The van der Waals surface area contributed by atoms with Gasteiger partial charge in [-0.25, -0.2) is 0 Å². The molecular formula is C17H26BrNO2. The van der Waals surface area contributed by atoms with Crippen LogP contribution in [0, 0.1) is 5.92 Å². The molecule has 3 nitrogen and oxygen atoms in total. The van der Waals surface area contributed by atoms with Crippen molar-refractivity contribution in [3.63, 3.8) is 0 Å². The van der Waals surface area contributed by atoms with Gasteiger partial charge in [0.25, 0.3) is 0 Å². The summed E-state index contributed by atoms with van der Waals surface area (Å²) in [6, 6.07) is 6.65. The van der Waals surface area contributed by atoms with Crippen LogP contribution in [-0.4, -0.2) is 26.4 Å². The van der Waals surface area contributed by atoms with Gasteiger partial charge in [0.2, 0.25) is 0 Å². The lowest BCUT2D eigenvalue weighted by Crippen LogP contribution is -2.34. The van der Waals surface area contributed by atoms with Gasteiger partial charge >= 0.3 is 0 Å². The van der Waals surface area contributed by atoms with E-state index in [2.05, 4.69) is 46.4 Å². The van der Waals surface area contributed by atoms with E-state index >= 15 is 0 Å². The zero-order valence-corrected chi connectivity index (χ0v) is 14.8. The first-order valence-electron chi connectivity index (χ1n) is 7.89. The first-order chi connectivity index (χ1) is 10.2. The molecule has 0 heterocycles. The zero-order chi connectivity index (χ0) is 15.2. The normalized spacial score (nSPS) is 22.7. The summed E-state index contributed by atoms with van der Waals surface area (Å²) < 4.78 is 12.3. The van der Waals surface area contributed by atoms with Gasteiger partial charge < -0.3 is 14.8 Å². The summed E-state index contributed by atoms with van der Waals surface area (Å²) in [5.74, 6) is 1.68. The second-order valence-electron chi connectivity index (χ2n) is 5.61. The third kappa shape index (κ3) is 4.44. The van der Waals surface area contributed by atoms with Crippen molar-refractivity contribution >= 4 is 15.9 Å². The monoisotopic (exact) mass is 355 g/mol. The second-order valence-corrected chi connectivity index (χ2v) is 6.46. The van der Waals surface area contributed by atoms with Crippen LogP contribution in [0.2, 0.25) is 0 Å². The fraction of sp³-hybridized carbons (Fsp3) is 0.647. The molecule has 4 heteroatoms. The summed E-state index contributed by atoms with van der Waals surface area (Å²) >= 11 is 3.68. The maximum atomic E-state index is 5.65. The summed E-state index contributed by atoms with van der Waals surface area (Å²) in [7, 11) is 2.03. The molecule has 118 valence electrons. The Morgan fingerprint density at radius 3 is 2.62 bits per heavy atom. The van der Waals surface area contributed by atoms with Crippen LogP contribution in [-0.2, 0) is 4.74 Å². The van der Waals surface area contributed by atoms with Gasteiger partial charge in [-0.05, 0) is 63.8 Å². The molecule has 1 aromatic carbocycles. The minimum absolute atomic E-state index is 0.377. The molecule has 0 saturated heterocycles. The van der Waals surface area contributed by atoms with Crippen LogP contribution in [0.15, 0.2) is 22.7 Å². The fourth-order valence-electron chi connectivity index (χ4n) is 3.02. The highest BCUT2D eigenvalue weighted by Gasteiger charge is 2.31. The predicted molar refractivity (Wildman–Crippen MR) is 89.9 cm³/mol. The van der Waals surface area contributed by atoms with Crippen molar-refractivity contribution in [3.05, 3.63) is 28.2 Å². The van der Waals surface area contributed by atoms with Crippen molar-refractivity contribution in [2.24, 2.45) is 5.92 Å². The third-order valence-corrected chi connectivity index (χ3v) is 4.86. The van der Waals surface area contributed by atoms with Crippen LogP contribution in [0.3, 0.4) is 0 Å². The van der Waals surface area contributed by atoms with E-state index in [-0.39, 0.29) is 0 Å². The smallest absolute Gasteiger partial charge is 0.120 e. The highest BCUT2D eigenvalue weighted by atomic mass is 79.9. The molecule has 1 aliphatic carbocycles. The van der Waals surface area contributed by atoms with E-state index in [1.54, 1.807) is 0 Å². The minimum Gasteiger partial charge on any atom is -0.494 e. The third-order valence-electron chi connectivity index (χ3n) is 4.17. The molecule has 21 heavy (non-hydrogen) atoms. The molecule has 1 fully saturated rings. The second kappa shape index (κ2) is 8.16. The number of hydrogen-bond acceptors (Lipinski definition) is 3. The molecular weight excluding hydrogens is 330 g/mol. The van der Waals surface area contributed by atoms with Gasteiger partial charge in [0.1, 0.15) is 5.75 Å². The minimum atomic E-state index is 0.377. The van der Waals surface area contributed by atoms with Gasteiger partial charge in [0, 0.05) is 17.1 Å². The Hall–Kier alpha value is -0.580. The summed E-state index contributed by atoms with van der Waals surface area (Å²) in [5.41, 5.74) is 1.31. The Kier molecular flexibility index (Phi) is 6.52. The summed E-state index contributed by atoms with van der Waals surface area (Å²) in [6.45, 7) is 5.60. The van der Waals surface area contributed by atoms with Gasteiger partial charge in [-0.15, -0.1) is 0 Å². The van der Waals surface area contributed by atoms with E-state index in [1.807, 2.05) is 14.0 Å². The maximum absolute atomic E-state index is 5.65. The molecule has 0 amide bonds. The Labute approximate surface area is 136 Å². The number of ether oxygens (including phenoxy) is 2. The number of rotatable bonds is 8. The topological polar surface area (TPSA) is 30.5 Å². The Morgan fingerprint density at radius 2 is 2.05 bits per heavy atom. The van der Waals surface area contributed by atoms with E-state index in [0.717, 1.165) is 29.2 Å². The lowest BCUT2D eigenvalue weighted by Gasteiger charge is -2.37. The quantitative estimate of drug-likeness (QED) is 0.753. The van der Waals surface area contributed by atoms with E-state index < -0.39 is 0 Å². The maximum Gasteiger partial charge on any atom is 0.120 e. The van der Waals surface area contributed by atoms with Crippen molar-refractivity contribution < 1.29 is 9.47 Å². The van der Waals surface area contributed by atoms with Gasteiger partial charge in [0.15, 0.2) is 0 Å². The van der Waals surface area contributed by atoms with Crippen LogP contribution < -0.4 is 10.1 Å². The molecule has 2 rings (SSSR count). The van der Waals surface area contributed by atoms with Crippen LogP contribution in [0.1, 0.15) is 44.7 Å².